The molecule has 0 amide bonds. The number of methoxy groups -OCH3 is 1. The molecule has 1 atom stereocenters. The number of ether oxygens (including phenoxy) is 2. The van der Waals surface area contributed by atoms with Crippen LogP contribution in [-0.2, 0) is 21.2 Å². The van der Waals surface area contributed by atoms with Crippen molar-refractivity contribution in [1.29, 1.82) is 0 Å². The molecule has 1 aliphatic heterocycles. The first-order valence-corrected chi connectivity index (χ1v) is 8.48. The van der Waals surface area contributed by atoms with Gasteiger partial charge < -0.3 is 14.6 Å². The average Bonchev–Trinajstić information content (AvgIpc) is 2.91. The molecule has 0 saturated carbocycles. The van der Waals surface area contributed by atoms with Crippen molar-refractivity contribution in [2.24, 2.45) is 0 Å². The van der Waals surface area contributed by atoms with Gasteiger partial charge in [-0.3, -0.25) is 0 Å². The molecule has 1 heterocycles. The third-order valence-corrected chi connectivity index (χ3v) is 4.85. The van der Waals surface area contributed by atoms with Gasteiger partial charge in [0.1, 0.15) is 11.4 Å². The SMILES string of the molecule is COc1ccc(CCS(=O)(=O)NC[C@@]2(O)CCOC2)cc1. The van der Waals surface area contributed by atoms with Gasteiger partial charge in [-0.2, -0.15) is 0 Å². The number of rotatable bonds is 7. The van der Waals surface area contributed by atoms with Gasteiger partial charge in [0.15, 0.2) is 0 Å². The first-order valence-electron chi connectivity index (χ1n) is 6.83. The van der Waals surface area contributed by atoms with Crippen molar-refractivity contribution < 1.29 is 23.0 Å². The van der Waals surface area contributed by atoms with E-state index in [2.05, 4.69) is 4.72 Å². The second kappa shape index (κ2) is 6.74. The summed E-state index contributed by atoms with van der Waals surface area (Å²) in [6.45, 7) is 0.635. The molecule has 0 unspecified atom stereocenters. The van der Waals surface area contributed by atoms with Crippen LogP contribution in [0, 0.1) is 0 Å². The number of nitrogens with one attached hydrogen (secondary N) is 1. The molecule has 1 aliphatic rings. The molecule has 21 heavy (non-hydrogen) atoms. The molecule has 2 N–H and O–H groups in total. The van der Waals surface area contributed by atoms with E-state index in [1.807, 2.05) is 12.1 Å². The van der Waals surface area contributed by atoms with Crippen molar-refractivity contribution in [2.45, 2.75) is 18.4 Å². The van der Waals surface area contributed by atoms with E-state index >= 15 is 0 Å². The van der Waals surface area contributed by atoms with Crippen LogP contribution in [0.15, 0.2) is 24.3 Å². The maximum Gasteiger partial charge on any atom is 0.212 e. The van der Waals surface area contributed by atoms with Crippen LogP contribution >= 0.6 is 0 Å². The monoisotopic (exact) mass is 315 g/mol. The number of sulfonamides is 1. The van der Waals surface area contributed by atoms with Crippen LogP contribution < -0.4 is 9.46 Å². The van der Waals surface area contributed by atoms with Gasteiger partial charge in [0, 0.05) is 19.6 Å². The normalized spacial score (nSPS) is 22.4. The highest BCUT2D eigenvalue weighted by atomic mass is 32.2. The molecule has 0 spiro atoms. The lowest BCUT2D eigenvalue weighted by Gasteiger charge is -2.20. The molecule has 6 nitrogen and oxygen atoms in total. The lowest BCUT2D eigenvalue weighted by Crippen LogP contribution is -2.44. The van der Waals surface area contributed by atoms with E-state index in [1.54, 1.807) is 19.2 Å². The Morgan fingerprint density at radius 3 is 2.67 bits per heavy atom. The topological polar surface area (TPSA) is 84.9 Å². The summed E-state index contributed by atoms with van der Waals surface area (Å²) in [5, 5.41) is 10.0. The fourth-order valence-corrected chi connectivity index (χ4v) is 3.23. The Kier molecular flexibility index (Phi) is 5.21. The molecule has 1 aromatic carbocycles. The quantitative estimate of drug-likeness (QED) is 0.756. The number of benzene rings is 1. The van der Waals surface area contributed by atoms with E-state index in [0.29, 0.717) is 19.4 Å². The second-order valence-electron chi connectivity index (χ2n) is 5.26. The molecule has 2 rings (SSSR count). The predicted molar refractivity (Wildman–Crippen MR) is 78.9 cm³/mol. The Morgan fingerprint density at radius 2 is 2.10 bits per heavy atom. The molecular formula is C14H21NO5S. The molecule has 1 aromatic rings. The van der Waals surface area contributed by atoms with Crippen LogP contribution in [0.4, 0.5) is 0 Å². The smallest absolute Gasteiger partial charge is 0.212 e. The molecular weight excluding hydrogens is 294 g/mol. The zero-order chi connectivity index (χ0) is 15.3. The Labute approximate surface area is 125 Å². The minimum atomic E-state index is -3.42. The molecule has 7 heteroatoms. The number of aliphatic hydroxyl groups is 1. The summed E-state index contributed by atoms with van der Waals surface area (Å²) >= 11 is 0. The van der Waals surface area contributed by atoms with Crippen molar-refractivity contribution in [3.63, 3.8) is 0 Å². The zero-order valence-electron chi connectivity index (χ0n) is 12.0. The van der Waals surface area contributed by atoms with E-state index in [9.17, 15) is 13.5 Å². The largest absolute Gasteiger partial charge is 0.497 e. The van der Waals surface area contributed by atoms with E-state index in [4.69, 9.17) is 9.47 Å². The van der Waals surface area contributed by atoms with Crippen LogP contribution in [0.5, 0.6) is 5.75 Å². The summed E-state index contributed by atoms with van der Waals surface area (Å²) in [6, 6.07) is 7.28. The molecule has 118 valence electrons. The minimum absolute atomic E-state index is 0.00204. The second-order valence-corrected chi connectivity index (χ2v) is 7.19. The van der Waals surface area contributed by atoms with Gasteiger partial charge in [0.2, 0.25) is 10.0 Å². The van der Waals surface area contributed by atoms with Crippen molar-refractivity contribution in [2.75, 3.05) is 32.6 Å². The highest BCUT2D eigenvalue weighted by molar-refractivity contribution is 7.89. The van der Waals surface area contributed by atoms with E-state index in [0.717, 1.165) is 11.3 Å². The third kappa shape index (κ3) is 4.96. The van der Waals surface area contributed by atoms with Gasteiger partial charge >= 0.3 is 0 Å². The molecule has 0 aromatic heterocycles. The van der Waals surface area contributed by atoms with Crippen LogP contribution in [-0.4, -0.2) is 51.7 Å². The van der Waals surface area contributed by atoms with Gasteiger partial charge in [-0.05, 0) is 24.1 Å². The number of hydrogen-bond acceptors (Lipinski definition) is 5. The molecule has 1 fully saturated rings. The van der Waals surface area contributed by atoms with Crippen molar-refractivity contribution in [3.8, 4) is 5.75 Å². The van der Waals surface area contributed by atoms with Crippen molar-refractivity contribution in [3.05, 3.63) is 29.8 Å². The van der Waals surface area contributed by atoms with E-state index in [-0.39, 0.29) is 18.9 Å². The summed E-state index contributed by atoms with van der Waals surface area (Å²) in [7, 11) is -1.83. The fraction of sp³-hybridized carbons (Fsp3) is 0.571. The van der Waals surface area contributed by atoms with Gasteiger partial charge in [0.05, 0.1) is 19.5 Å². The third-order valence-electron chi connectivity index (χ3n) is 3.52. The summed E-state index contributed by atoms with van der Waals surface area (Å²) in [5.41, 5.74) is -0.156. The Balaban J connectivity index is 1.82. The van der Waals surface area contributed by atoms with Gasteiger partial charge in [-0.1, -0.05) is 12.1 Å². The average molecular weight is 315 g/mol. The van der Waals surface area contributed by atoms with E-state index < -0.39 is 15.6 Å². The van der Waals surface area contributed by atoms with Gasteiger partial charge in [-0.25, -0.2) is 13.1 Å². The first kappa shape index (κ1) is 16.2. The first-order chi connectivity index (χ1) is 9.92. The van der Waals surface area contributed by atoms with Gasteiger partial charge in [0.25, 0.3) is 0 Å². The summed E-state index contributed by atoms with van der Waals surface area (Å²) < 4.78 is 36.5. The van der Waals surface area contributed by atoms with Crippen LogP contribution in [0.25, 0.3) is 0 Å². The maximum atomic E-state index is 11.9. The standard InChI is InChI=1S/C14H21NO5S/c1-19-13-4-2-12(3-5-13)6-9-21(17,18)15-10-14(16)7-8-20-11-14/h2-5,15-16H,6-11H2,1H3/t14-/m0/s1. The number of hydrogen-bond donors (Lipinski definition) is 2. The van der Waals surface area contributed by atoms with Crippen LogP contribution in [0.1, 0.15) is 12.0 Å². The Bertz CT molecular complexity index is 549. The minimum Gasteiger partial charge on any atom is -0.497 e. The van der Waals surface area contributed by atoms with Gasteiger partial charge in [-0.15, -0.1) is 0 Å². The zero-order valence-corrected chi connectivity index (χ0v) is 12.9. The lowest BCUT2D eigenvalue weighted by atomic mass is 10.1. The molecule has 1 saturated heterocycles. The maximum absolute atomic E-state index is 11.9. The Morgan fingerprint density at radius 1 is 1.38 bits per heavy atom. The van der Waals surface area contributed by atoms with E-state index in [1.165, 1.54) is 0 Å². The summed E-state index contributed by atoms with van der Waals surface area (Å²) in [6.07, 6.45) is 0.863. The predicted octanol–water partition coefficient (Wildman–Crippen LogP) is 0.308. The molecule has 0 aliphatic carbocycles. The van der Waals surface area contributed by atoms with Crippen LogP contribution in [0.2, 0.25) is 0 Å². The van der Waals surface area contributed by atoms with Crippen LogP contribution in [0.3, 0.4) is 0 Å². The van der Waals surface area contributed by atoms with Crippen molar-refractivity contribution >= 4 is 10.0 Å². The highest BCUT2D eigenvalue weighted by Crippen LogP contribution is 2.17. The molecule has 0 radical (unpaired) electrons. The molecule has 0 bridgehead atoms. The highest BCUT2D eigenvalue weighted by Gasteiger charge is 2.33. The number of aryl methyl sites for hydroxylation is 1. The lowest BCUT2D eigenvalue weighted by molar-refractivity contribution is 0.0314. The summed E-state index contributed by atoms with van der Waals surface area (Å²) in [4.78, 5) is 0. The fourth-order valence-electron chi connectivity index (χ4n) is 2.10. The Hall–Kier alpha value is -1.15. The van der Waals surface area contributed by atoms with Crippen molar-refractivity contribution in [1.82, 2.24) is 4.72 Å². The summed E-state index contributed by atoms with van der Waals surface area (Å²) in [5.74, 6) is 0.721.